The molecule has 0 saturated carbocycles. The number of hydrogen-bond acceptors (Lipinski definition) is 3. The van der Waals surface area contributed by atoms with Crippen molar-refractivity contribution in [1.29, 1.82) is 5.26 Å². The first kappa shape index (κ1) is 11.8. The van der Waals surface area contributed by atoms with Gasteiger partial charge in [0, 0.05) is 17.5 Å². The number of ether oxygens (including phenoxy) is 1. The van der Waals surface area contributed by atoms with Gasteiger partial charge in [0.15, 0.2) is 0 Å². The van der Waals surface area contributed by atoms with Crippen molar-refractivity contribution < 1.29 is 9.13 Å². The summed E-state index contributed by atoms with van der Waals surface area (Å²) in [6.07, 6.45) is 0.561. The van der Waals surface area contributed by atoms with E-state index in [-0.39, 0.29) is 5.56 Å². The second-order valence-electron chi connectivity index (χ2n) is 2.91. The average Bonchev–Trinajstić information content (AvgIpc) is 2.29. The van der Waals surface area contributed by atoms with Gasteiger partial charge in [-0.15, -0.1) is 0 Å². The summed E-state index contributed by atoms with van der Waals surface area (Å²) < 4.78 is 18.3. The summed E-state index contributed by atoms with van der Waals surface area (Å²) >= 11 is 0. The zero-order valence-electron chi connectivity index (χ0n) is 8.43. The first-order chi connectivity index (χ1) is 7.77. The maximum absolute atomic E-state index is 13.1. The Labute approximate surface area is 91.7 Å². The Morgan fingerprint density at radius 1 is 1.56 bits per heavy atom. The number of hydrogen-bond donors (Lipinski definition) is 0. The lowest BCUT2D eigenvalue weighted by atomic mass is 10.2. The van der Waals surface area contributed by atoms with E-state index in [0.29, 0.717) is 25.3 Å². The van der Waals surface area contributed by atoms with E-state index in [4.69, 9.17) is 15.5 Å². The first-order valence-corrected chi connectivity index (χ1v) is 4.61. The highest BCUT2D eigenvalue weighted by molar-refractivity contribution is 5.36. The van der Waals surface area contributed by atoms with Crippen LogP contribution in [-0.4, -0.2) is 13.2 Å². The molecule has 6 heteroatoms. The van der Waals surface area contributed by atoms with E-state index >= 15 is 0 Å². The Hall–Kier alpha value is -2.25. The minimum Gasteiger partial charge on any atom is -0.493 e. The summed E-state index contributed by atoms with van der Waals surface area (Å²) in [6, 6.07) is 5.76. The van der Waals surface area contributed by atoms with Crippen LogP contribution in [0.15, 0.2) is 23.3 Å². The molecule has 5 nitrogen and oxygen atoms in total. The summed E-state index contributed by atoms with van der Waals surface area (Å²) in [5, 5.41) is 11.8. The van der Waals surface area contributed by atoms with Crippen molar-refractivity contribution in [3.8, 4) is 11.8 Å². The van der Waals surface area contributed by atoms with Gasteiger partial charge in [-0.2, -0.15) is 5.26 Å². The fourth-order valence-electron chi connectivity index (χ4n) is 1.05. The third-order valence-electron chi connectivity index (χ3n) is 1.80. The van der Waals surface area contributed by atoms with Crippen LogP contribution >= 0.6 is 0 Å². The van der Waals surface area contributed by atoms with E-state index in [1.807, 2.05) is 0 Å². The molecular weight excluding hydrogens is 211 g/mol. The molecular formula is C10H9FN4O. The zero-order chi connectivity index (χ0) is 11.8. The zero-order valence-corrected chi connectivity index (χ0v) is 8.43. The van der Waals surface area contributed by atoms with Crippen molar-refractivity contribution >= 4 is 0 Å². The molecule has 0 unspecified atom stereocenters. The molecule has 1 rings (SSSR count). The van der Waals surface area contributed by atoms with Crippen molar-refractivity contribution in [2.75, 3.05) is 13.2 Å². The van der Waals surface area contributed by atoms with E-state index < -0.39 is 5.82 Å². The maximum atomic E-state index is 13.1. The van der Waals surface area contributed by atoms with Crippen LogP contribution in [0.4, 0.5) is 4.39 Å². The minimum atomic E-state index is -0.602. The Bertz CT molecular complexity index is 449. The summed E-state index contributed by atoms with van der Waals surface area (Å²) in [7, 11) is 0. The fourth-order valence-corrected chi connectivity index (χ4v) is 1.05. The Balaban J connectivity index is 2.46. The van der Waals surface area contributed by atoms with E-state index in [1.54, 1.807) is 6.07 Å². The Kier molecular flexibility index (Phi) is 4.64. The minimum absolute atomic E-state index is 0.0126. The van der Waals surface area contributed by atoms with Gasteiger partial charge in [-0.1, -0.05) is 5.11 Å². The lowest BCUT2D eigenvalue weighted by Crippen LogP contribution is -1.99. The monoisotopic (exact) mass is 220 g/mol. The molecule has 0 heterocycles. The lowest BCUT2D eigenvalue weighted by Gasteiger charge is -2.04. The van der Waals surface area contributed by atoms with Gasteiger partial charge in [0.05, 0.1) is 12.2 Å². The highest BCUT2D eigenvalue weighted by atomic mass is 19.1. The number of nitrogens with zero attached hydrogens (tertiary/aromatic N) is 4. The third-order valence-corrected chi connectivity index (χ3v) is 1.80. The molecule has 0 aliphatic heterocycles. The molecule has 0 aliphatic rings. The molecule has 0 amide bonds. The van der Waals surface area contributed by atoms with E-state index in [9.17, 15) is 4.39 Å². The number of halogens is 1. The molecule has 0 aliphatic carbocycles. The van der Waals surface area contributed by atoms with Crippen LogP contribution < -0.4 is 4.74 Å². The molecule has 0 saturated heterocycles. The topological polar surface area (TPSA) is 81.8 Å². The third kappa shape index (κ3) is 3.48. The van der Waals surface area contributed by atoms with E-state index in [1.165, 1.54) is 12.1 Å². The van der Waals surface area contributed by atoms with E-state index in [2.05, 4.69) is 10.0 Å². The highest BCUT2D eigenvalue weighted by Crippen LogP contribution is 2.15. The molecule has 1 aromatic rings. The Morgan fingerprint density at radius 3 is 3.00 bits per heavy atom. The molecule has 0 aromatic heterocycles. The van der Waals surface area contributed by atoms with Gasteiger partial charge in [0.1, 0.15) is 17.6 Å². The highest BCUT2D eigenvalue weighted by Gasteiger charge is 2.02. The van der Waals surface area contributed by atoms with Crippen LogP contribution in [0, 0.1) is 17.1 Å². The van der Waals surface area contributed by atoms with Crippen LogP contribution in [-0.2, 0) is 0 Å². The second kappa shape index (κ2) is 6.27. The molecule has 0 radical (unpaired) electrons. The van der Waals surface area contributed by atoms with E-state index in [0.717, 1.165) is 6.07 Å². The van der Waals surface area contributed by atoms with Crippen molar-refractivity contribution in [1.82, 2.24) is 0 Å². The molecule has 0 fully saturated rings. The van der Waals surface area contributed by atoms with Gasteiger partial charge in [0.25, 0.3) is 0 Å². The fraction of sp³-hybridized carbons (Fsp3) is 0.300. The number of azide groups is 1. The molecule has 16 heavy (non-hydrogen) atoms. The standard InChI is InChI=1S/C10H9FN4O/c11-10-6-9(3-2-8(10)7-12)16-5-1-4-14-15-13/h2-3,6H,1,4-5H2. The van der Waals surface area contributed by atoms with Gasteiger partial charge in [-0.3, -0.25) is 0 Å². The van der Waals surface area contributed by atoms with Crippen LogP contribution in [0.25, 0.3) is 10.4 Å². The summed E-state index contributed by atoms with van der Waals surface area (Å²) in [4.78, 5) is 2.59. The van der Waals surface area contributed by atoms with Crippen molar-refractivity contribution in [2.24, 2.45) is 5.11 Å². The summed E-state index contributed by atoms with van der Waals surface area (Å²) in [5.74, 6) is -0.243. The molecule has 0 N–H and O–H groups in total. The largest absolute Gasteiger partial charge is 0.493 e. The quantitative estimate of drug-likeness (QED) is 0.331. The molecule has 82 valence electrons. The normalized spacial score (nSPS) is 9.00. The van der Waals surface area contributed by atoms with Gasteiger partial charge < -0.3 is 4.74 Å². The lowest BCUT2D eigenvalue weighted by molar-refractivity contribution is 0.311. The molecule has 0 spiro atoms. The SMILES string of the molecule is N#Cc1ccc(OCCCN=[N+]=[N-])cc1F. The van der Waals surface area contributed by atoms with Gasteiger partial charge >= 0.3 is 0 Å². The number of rotatable bonds is 5. The maximum Gasteiger partial charge on any atom is 0.144 e. The molecule has 0 bridgehead atoms. The van der Waals surface area contributed by atoms with Gasteiger partial charge in [0.2, 0.25) is 0 Å². The van der Waals surface area contributed by atoms with Crippen LogP contribution in [0.5, 0.6) is 5.75 Å². The Morgan fingerprint density at radius 2 is 2.38 bits per heavy atom. The van der Waals surface area contributed by atoms with Crippen molar-refractivity contribution in [3.63, 3.8) is 0 Å². The predicted octanol–water partition coefficient (Wildman–Crippen LogP) is 2.78. The number of benzene rings is 1. The van der Waals surface area contributed by atoms with Crippen LogP contribution in [0.3, 0.4) is 0 Å². The predicted molar refractivity (Wildman–Crippen MR) is 55.2 cm³/mol. The van der Waals surface area contributed by atoms with Crippen LogP contribution in [0.2, 0.25) is 0 Å². The van der Waals surface area contributed by atoms with Gasteiger partial charge in [-0.05, 0) is 24.1 Å². The van der Waals surface area contributed by atoms with Crippen LogP contribution in [0.1, 0.15) is 12.0 Å². The summed E-state index contributed by atoms with van der Waals surface area (Å²) in [5.41, 5.74) is 8.00. The first-order valence-electron chi connectivity index (χ1n) is 4.61. The summed E-state index contributed by atoms with van der Waals surface area (Å²) in [6.45, 7) is 0.680. The smallest absolute Gasteiger partial charge is 0.144 e. The van der Waals surface area contributed by atoms with Crippen molar-refractivity contribution in [2.45, 2.75) is 6.42 Å². The van der Waals surface area contributed by atoms with Crippen molar-refractivity contribution in [3.05, 3.63) is 40.0 Å². The average molecular weight is 220 g/mol. The number of nitriles is 1. The van der Waals surface area contributed by atoms with Gasteiger partial charge in [-0.25, -0.2) is 4.39 Å². The molecule has 1 aromatic carbocycles. The molecule has 0 atom stereocenters. The second-order valence-corrected chi connectivity index (χ2v) is 2.91.